The molecule has 0 aliphatic heterocycles. The van der Waals surface area contributed by atoms with E-state index in [2.05, 4.69) is 190 Å². The zero-order chi connectivity index (χ0) is 37.4. The van der Waals surface area contributed by atoms with Gasteiger partial charge in [-0.15, -0.1) is 11.3 Å². The van der Waals surface area contributed by atoms with Crippen LogP contribution in [0.4, 0.5) is 0 Å². The van der Waals surface area contributed by atoms with Gasteiger partial charge in [0, 0.05) is 31.7 Å². The summed E-state index contributed by atoms with van der Waals surface area (Å²) in [5.41, 5.74) is 13.8. The monoisotopic (exact) mass is 732 g/mol. The molecule has 0 N–H and O–H groups in total. The van der Waals surface area contributed by atoms with Crippen LogP contribution in [-0.2, 0) is 5.41 Å². The van der Waals surface area contributed by atoms with Crippen LogP contribution in [0.25, 0.3) is 98.2 Å². The minimum absolute atomic E-state index is 0.150. The summed E-state index contributed by atoms with van der Waals surface area (Å²) in [5, 5.41) is 6.17. The molecule has 3 heteroatoms. The maximum absolute atomic E-state index is 5.35. The van der Waals surface area contributed by atoms with E-state index < -0.39 is 0 Å². The van der Waals surface area contributed by atoms with Gasteiger partial charge in [0.05, 0.1) is 11.4 Å². The number of nitrogens with zero attached hydrogens (tertiary/aromatic N) is 2. The predicted molar refractivity (Wildman–Crippen MR) is 237 cm³/mol. The first-order valence-corrected chi connectivity index (χ1v) is 20.0. The SMILES string of the molecule is CC1(C)c2cc3ccccc3cc2-c2c(-c3cc(-c4ccc(-c5cccc(-c6cc7ccccc7s6)c5)c5ccccc45)nc(-c4ccccc4)n3)cccc21. The third kappa shape index (κ3) is 5.23. The normalized spacial score (nSPS) is 13.0. The third-order valence-corrected chi connectivity index (χ3v) is 12.8. The van der Waals surface area contributed by atoms with Crippen molar-refractivity contribution < 1.29 is 0 Å². The van der Waals surface area contributed by atoms with E-state index in [1.54, 1.807) is 0 Å². The van der Waals surface area contributed by atoms with E-state index in [-0.39, 0.29) is 5.41 Å². The van der Waals surface area contributed by atoms with E-state index in [4.69, 9.17) is 9.97 Å². The fourth-order valence-corrected chi connectivity index (χ4v) is 9.92. The molecule has 0 spiro atoms. The molecule has 2 heterocycles. The van der Waals surface area contributed by atoms with Crippen molar-refractivity contribution in [1.29, 1.82) is 0 Å². The second-order valence-electron chi connectivity index (χ2n) is 15.4. The Balaban J connectivity index is 1.09. The minimum atomic E-state index is -0.150. The third-order valence-electron chi connectivity index (χ3n) is 11.7. The lowest BCUT2D eigenvalue weighted by molar-refractivity contribution is 0.661. The van der Waals surface area contributed by atoms with Gasteiger partial charge in [-0.25, -0.2) is 9.97 Å². The molecule has 0 saturated carbocycles. The van der Waals surface area contributed by atoms with Crippen molar-refractivity contribution in [2.75, 3.05) is 0 Å². The summed E-state index contributed by atoms with van der Waals surface area (Å²) in [6.07, 6.45) is 0. The van der Waals surface area contributed by atoms with Gasteiger partial charge in [0.1, 0.15) is 0 Å². The summed E-state index contributed by atoms with van der Waals surface area (Å²) >= 11 is 1.85. The number of aromatic nitrogens is 2. The van der Waals surface area contributed by atoms with Crippen LogP contribution in [0.15, 0.2) is 182 Å². The van der Waals surface area contributed by atoms with Crippen molar-refractivity contribution in [3.05, 3.63) is 193 Å². The fraction of sp³-hybridized carbons (Fsp3) is 0.0566. The summed E-state index contributed by atoms with van der Waals surface area (Å²) in [6, 6.07) is 66.0. The molecule has 0 unspecified atom stereocenters. The van der Waals surface area contributed by atoms with Crippen molar-refractivity contribution in [2.45, 2.75) is 19.3 Å². The first-order valence-electron chi connectivity index (χ1n) is 19.2. The molecule has 0 bridgehead atoms. The van der Waals surface area contributed by atoms with E-state index in [0.717, 1.165) is 39.3 Å². The maximum Gasteiger partial charge on any atom is 0.160 e. The molecule has 10 aromatic rings. The number of rotatable bonds is 5. The first-order chi connectivity index (χ1) is 27.5. The molecule has 0 fully saturated rings. The van der Waals surface area contributed by atoms with Gasteiger partial charge in [-0.2, -0.15) is 0 Å². The van der Waals surface area contributed by atoms with Crippen LogP contribution in [0, 0.1) is 0 Å². The summed E-state index contributed by atoms with van der Waals surface area (Å²) in [7, 11) is 0. The first kappa shape index (κ1) is 32.7. The van der Waals surface area contributed by atoms with Crippen molar-refractivity contribution in [1.82, 2.24) is 9.97 Å². The Morgan fingerprint density at radius 1 is 0.411 bits per heavy atom. The standard InChI is InChI=1S/C53H36N2S/c1-53(2)45-24-13-23-43(51(45)44-29-34-16-6-7-17-35(34)30-46(44)53)48-32-47(54-52(55-48)33-14-4-3-5-15-33)42-27-26-39(40-21-9-10-22-41(40)42)36-19-12-20-37(28-36)50-31-38-18-8-11-25-49(38)56-50/h3-32H,1-2H3. The highest BCUT2D eigenvalue weighted by Crippen LogP contribution is 2.53. The smallest absolute Gasteiger partial charge is 0.160 e. The highest BCUT2D eigenvalue weighted by molar-refractivity contribution is 7.22. The molecule has 56 heavy (non-hydrogen) atoms. The molecule has 0 saturated heterocycles. The number of thiophene rings is 1. The number of hydrogen-bond acceptors (Lipinski definition) is 3. The van der Waals surface area contributed by atoms with Crippen LogP contribution in [0.3, 0.4) is 0 Å². The Morgan fingerprint density at radius 3 is 1.84 bits per heavy atom. The van der Waals surface area contributed by atoms with Crippen LogP contribution < -0.4 is 0 Å². The Morgan fingerprint density at radius 2 is 1.04 bits per heavy atom. The Kier molecular flexibility index (Phi) is 7.42. The maximum atomic E-state index is 5.35. The van der Waals surface area contributed by atoms with Crippen LogP contribution in [0.1, 0.15) is 25.0 Å². The van der Waals surface area contributed by atoms with Crippen molar-refractivity contribution in [2.24, 2.45) is 0 Å². The largest absolute Gasteiger partial charge is 0.228 e. The predicted octanol–water partition coefficient (Wildman–Crippen LogP) is 14.6. The number of fused-ring (bicyclic) bond motifs is 6. The van der Waals surface area contributed by atoms with Gasteiger partial charge < -0.3 is 0 Å². The van der Waals surface area contributed by atoms with Gasteiger partial charge in [-0.1, -0.05) is 159 Å². The number of hydrogen-bond donors (Lipinski definition) is 0. The van der Waals surface area contributed by atoms with E-state index in [1.807, 2.05) is 17.4 Å². The van der Waals surface area contributed by atoms with Gasteiger partial charge in [0.2, 0.25) is 0 Å². The molecule has 2 aromatic heterocycles. The Labute approximate surface area is 330 Å². The van der Waals surface area contributed by atoms with Crippen LogP contribution in [-0.4, -0.2) is 9.97 Å². The zero-order valence-electron chi connectivity index (χ0n) is 31.1. The van der Waals surface area contributed by atoms with Gasteiger partial charge >= 0.3 is 0 Å². The summed E-state index contributed by atoms with van der Waals surface area (Å²) < 4.78 is 1.31. The van der Waals surface area contributed by atoms with Crippen LogP contribution in [0.2, 0.25) is 0 Å². The summed E-state index contributed by atoms with van der Waals surface area (Å²) in [4.78, 5) is 12.0. The fourth-order valence-electron chi connectivity index (χ4n) is 8.86. The Hall–Kier alpha value is -6.68. The lowest BCUT2D eigenvalue weighted by Crippen LogP contribution is -2.14. The van der Waals surface area contributed by atoms with E-state index in [1.165, 1.54) is 70.1 Å². The van der Waals surface area contributed by atoms with E-state index in [0.29, 0.717) is 0 Å². The second-order valence-corrected chi connectivity index (χ2v) is 16.4. The summed E-state index contributed by atoms with van der Waals surface area (Å²) in [6.45, 7) is 4.70. The lowest BCUT2D eigenvalue weighted by atomic mass is 9.81. The molecular weight excluding hydrogens is 697 g/mol. The van der Waals surface area contributed by atoms with Gasteiger partial charge in [-0.05, 0) is 102 Å². The number of benzene rings is 8. The quantitative estimate of drug-likeness (QED) is 0.176. The van der Waals surface area contributed by atoms with Crippen molar-refractivity contribution in [3.63, 3.8) is 0 Å². The molecule has 8 aromatic carbocycles. The molecule has 264 valence electrons. The molecule has 2 nitrogen and oxygen atoms in total. The van der Waals surface area contributed by atoms with Gasteiger partial charge in [0.15, 0.2) is 5.82 Å². The Bertz CT molecular complexity index is 3140. The molecule has 0 atom stereocenters. The van der Waals surface area contributed by atoms with Crippen LogP contribution >= 0.6 is 11.3 Å². The molecule has 11 rings (SSSR count). The minimum Gasteiger partial charge on any atom is -0.228 e. The molecule has 1 aliphatic rings. The van der Waals surface area contributed by atoms with E-state index in [9.17, 15) is 0 Å². The highest BCUT2D eigenvalue weighted by atomic mass is 32.1. The lowest BCUT2D eigenvalue weighted by Gasteiger charge is -2.22. The molecule has 0 amide bonds. The van der Waals surface area contributed by atoms with Crippen molar-refractivity contribution >= 4 is 43.0 Å². The average molecular weight is 733 g/mol. The van der Waals surface area contributed by atoms with Crippen LogP contribution in [0.5, 0.6) is 0 Å². The average Bonchev–Trinajstić information content (AvgIpc) is 3.79. The molecular formula is C53H36N2S. The second kappa shape index (κ2) is 12.7. The topological polar surface area (TPSA) is 25.8 Å². The van der Waals surface area contributed by atoms with E-state index >= 15 is 0 Å². The summed E-state index contributed by atoms with van der Waals surface area (Å²) in [5.74, 6) is 0.718. The van der Waals surface area contributed by atoms with Crippen molar-refractivity contribution in [3.8, 4) is 66.6 Å². The zero-order valence-corrected chi connectivity index (χ0v) is 31.9. The molecule has 1 aliphatic carbocycles. The van der Waals surface area contributed by atoms with Gasteiger partial charge in [-0.3, -0.25) is 0 Å². The van der Waals surface area contributed by atoms with Gasteiger partial charge in [0.25, 0.3) is 0 Å². The highest BCUT2D eigenvalue weighted by Gasteiger charge is 2.37. The molecule has 0 radical (unpaired) electrons.